The fourth-order valence-electron chi connectivity index (χ4n) is 3.55. The number of esters is 1. The summed E-state index contributed by atoms with van der Waals surface area (Å²) in [5, 5.41) is 12.7. The number of aromatic nitrogens is 2. The maximum absolute atomic E-state index is 14.2. The first-order valence-corrected chi connectivity index (χ1v) is 13.0. The first-order chi connectivity index (χ1) is 17.8. The number of para-hydroxylation sites is 1. The second-order valence-corrected chi connectivity index (χ2v) is 10.3. The van der Waals surface area contributed by atoms with Gasteiger partial charge in [-0.2, -0.15) is 9.48 Å². The van der Waals surface area contributed by atoms with Crippen LogP contribution < -0.4 is 20.9 Å². The molecule has 1 fully saturated rings. The lowest BCUT2D eigenvalue weighted by molar-refractivity contribution is -0.149. The molecule has 1 aliphatic rings. The van der Waals surface area contributed by atoms with Crippen molar-refractivity contribution < 1.29 is 46.2 Å². The summed E-state index contributed by atoms with van der Waals surface area (Å²) in [6.07, 6.45) is -11.4. The lowest BCUT2D eigenvalue weighted by atomic mass is 10.1. The molecule has 2 heterocycles. The molecule has 0 aliphatic carbocycles. The normalized spacial score (nSPS) is 22.7. The zero-order chi connectivity index (χ0) is 28.2. The molecule has 1 aliphatic heterocycles. The van der Waals surface area contributed by atoms with Gasteiger partial charge in [0.05, 0.1) is 18.4 Å². The second kappa shape index (κ2) is 12.3. The number of nitrogens with zero attached hydrogens (tertiary/aromatic N) is 1. The molecule has 1 unspecified atom stereocenters. The number of aromatic amines is 1. The smallest absolute Gasteiger partial charge is 0.460 e. The zero-order valence-corrected chi connectivity index (χ0v) is 21.3. The summed E-state index contributed by atoms with van der Waals surface area (Å²) < 4.78 is 77.3. The lowest BCUT2D eigenvalue weighted by Gasteiger charge is -2.30. The average molecular weight is 565 g/mol. The van der Waals surface area contributed by atoms with E-state index in [2.05, 4.69) is 5.09 Å². The molecule has 0 amide bonds. The number of nitrogens with one attached hydrogen (secondary N) is 2. The van der Waals surface area contributed by atoms with E-state index in [4.69, 9.17) is 18.5 Å². The molecule has 12 nitrogen and oxygen atoms in total. The molecule has 3 rings (SSSR count). The third-order valence-electron chi connectivity index (χ3n) is 5.23. The third-order valence-corrected chi connectivity index (χ3v) is 6.91. The monoisotopic (exact) mass is 565 g/mol. The standard InChI is InChI=1S/C22H27F3N3O9P/c1-11(2)34-21(31)12(3)27-38(33,36-13-7-5-4-6-8-13)37-18(19(24)25)17-15(29)9-16(35-17)28-10-14(23)20(30)26-22(28)32/h4-8,10-12,15-19,29H,9H2,1-3H3,(H,27,33)(H,26,30,32)/t12-,15?,16+,17-,18-,38+/m0/s1. The van der Waals surface area contributed by atoms with Crippen LogP contribution >= 0.6 is 7.75 Å². The van der Waals surface area contributed by atoms with Crippen LogP contribution in [0, 0.1) is 5.82 Å². The number of ether oxygens (including phenoxy) is 2. The Kier molecular flexibility index (Phi) is 9.54. The number of hydrogen-bond acceptors (Lipinski definition) is 9. The quantitative estimate of drug-likeness (QED) is 0.272. The van der Waals surface area contributed by atoms with E-state index in [1.807, 2.05) is 0 Å². The maximum atomic E-state index is 14.2. The molecule has 1 saturated heterocycles. The molecule has 16 heteroatoms. The summed E-state index contributed by atoms with van der Waals surface area (Å²) in [7, 11) is -4.80. The number of hydrogen-bond donors (Lipinski definition) is 3. The Balaban J connectivity index is 1.89. The summed E-state index contributed by atoms with van der Waals surface area (Å²) in [6, 6.07) is 6.02. The van der Waals surface area contributed by atoms with Gasteiger partial charge >= 0.3 is 19.4 Å². The molecular weight excluding hydrogens is 538 g/mol. The highest BCUT2D eigenvalue weighted by Crippen LogP contribution is 2.49. The SMILES string of the molecule is CC(C)OC(=O)[C@H](C)N[P@@](=O)(Oc1ccccc1)O[C@H](C(F)F)[C@H]1O[C@@H](n2cc(F)c(=O)[nH]c2=O)CC1O. The molecule has 3 N–H and O–H groups in total. The predicted octanol–water partition coefficient (Wildman–Crippen LogP) is 2.09. The first kappa shape index (κ1) is 29.6. The van der Waals surface area contributed by atoms with Gasteiger partial charge in [0, 0.05) is 6.42 Å². The van der Waals surface area contributed by atoms with Gasteiger partial charge < -0.3 is 19.1 Å². The van der Waals surface area contributed by atoms with E-state index in [0.717, 1.165) is 0 Å². The number of aliphatic hydroxyl groups is 1. The Morgan fingerprint density at radius 2 is 1.89 bits per heavy atom. The zero-order valence-electron chi connectivity index (χ0n) is 20.5. The number of aliphatic hydroxyl groups excluding tert-OH is 1. The van der Waals surface area contributed by atoms with Crippen LogP contribution in [0.2, 0.25) is 0 Å². The maximum Gasteiger partial charge on any atom is 0.460 e. The lowest BCUT2D eigenvalue weighted by Crippen LogP contribution is -2.44. The number of carbonyl (C=O) groups is 1. The topological polar surface area (TPSA) is 158 Å². The van der Waals surface area contributed by atoms with E-state index < -0.39 is 80.3 Å². The molecular formula is C22H27F3N3O9P. The van der Waals surface area contributed by atoms with Crippen molar-refractivity contribution in [3.8, 4) is 5.75 Å². The van der Waals surface area contributed by atoms with Crippen LogP contribution in [0.3, 0.4) is 0 Å². The van der Waals surface area contributed by atoms with Gasteiger partial charge in [-0.05, 0) is 32.9 Å². The van der Waals surface area contributed by atoms with E-state index in [0.29, 0.717) is 10.8 Å². The summed E-state index contributed by atoms with van der Waals surface area (Å²) in [6.45, 7) is 4.40. The highest BCUT2D eigenvalue weighted by molar-refractivity contribution is 7.52. The van der Waals surface area contributed by atoms with Crippen LogP contribution in [-0.4, -0.2) is 57.5 Å². The Hall–Kier alpha value is -2.97. The van der Waals surface area contributed by atoms with Crippen molar-refractivity contribution in [2.45, 2.75) is 70.3 Å². The molecule has 0 radical (unpaired) electrons. The number of H-pyrrole nitrogens is 1. The Bertz CT molecular complexity index is 1270. The van der Waals surface area contributed by atoms with Gasteiger partial charge in [-0.15, -0.1) is 0 Å². The van der Waals surface area contributed by atoms with Crippen LogP contribution in [0.15, 0.2) is 46.1 Å². The number of benzene rings is 1. The largest absolute Gasteiger partial charge is 0.462 e. The molecule has 2 aromatic rings. The minimum atomic E-state index is -4.80. The minimum absolute atomic E-state index is 0.0539. The Morgan fingerprint density at radius 3 is 2.50 bits per heavy atom. The van der Waals surface area contributed by atoms with Gasteiger partial charge in [0.15, 0.2) is 6.10 Å². The van der Waals surface area contributed by atoms with Crippen molar-refractivity contribution in [1.82, 2.24) is 14.6 Å². The third kappa shape index (κ3) is 7.32. The fourth-order valence-corrected chi connectivity index (χ4v) is 5.22. The molecule has 0 spiro atoms. The molecule has 210 valence electrons. The molecule has 0 bridgehead atoms. The van der Waals surface area contributed by atoms with Crippen molar-refractivity contribution in [3.05, 3.63) is 63.2 Å². The van der Waals surface area contributed by atoms with Crippen LogP contribution in [0.1, 0.15) is 33.4 Å². The van der Waals surface area contributed by atoms with Crippen LogP contribution in [0.25, 0.3) is 0 Å². The number of alkyl halides is 2. The first-order valence-electron chi connectivity index (χ1n) is 11.4. The van der Waals surface area contributed by atoms with E-state index in [-0.39, 0.29) is 5.75 Å². The highest BCUT2D eigenvalue weighted by atomic mass is 31.2. The highest BCUT2D eigenvalue weighted by Gasteiger charge is 2.49. The van der Waals surface area contributed by atoms with Gasteiger partial charge in [-0.25, -0.2) is 18.1 Å². The number of halogens is 3. The van der Waals surface area contributed by atoms with Crippen molar-refractivity contribution in [2.24, 2.45) is 0 Å². The summed E-state index contributed by atoms with van der Waals surface area (Å²) in [4.78, 5) is 37.3. The summed E-state index contributed by atoms with van der Waals surface area (Å²) in [5.74, 6) is -2.27. The molecule has 1 aromatic carbocycles. The molecule has 38 heavy (non-hydrogen) atoms. The average Bonchev–Trinajstić information content (AvgIpc) is 3.20. The van der Waals surface area contributed by atoms with E-state index in [1.165, 1.54) is 31.2 Å². The van der Waals surface area contributed by atoms with Gasteiger partial charge in [-0.3, -0.25) is 23.7 Å². The van der Waals surface area contributed by atoms with Gasteiger partial charge in [-0.1, -0.05) is 18.2 Å². The van der Waals surface area contributed by atoms with Crippen molar-refractivity contribution in [3.63, 3.8) is 0 Å². The number of rotatable bonds is 11. The van der Waals surface area contributed by atoms with Crippen LogP contribution in [0.5, 0.6) is 5.75 Å². The van der Waals surface area contributed by atoms with Gasteiger partial charge in [0.25, 0.3) is 12.0 Å². The van der Waals surface area contributed by atoms with Gasteiger partial charge in [0.2, 0.25) is 5.82 Å². The predicted molar refractivity (Wildman–Crippen MR) is 125 cm³/mol. The van der Waals surface area contributed by atoms with Crippen LogP contribution in [0.4, 0.5) is 13.2 Å². The molecule has 1 aromatic heterocycles. The second-order valence-electron chi connectivity index (χ2n) is 8.64. The van der Waals surface area contributed by atoms with E-state index in [9.17, 15) is 37.2 Å². The Morgan fingerprint density at radius 1 is 1.24 bits per heavy atom. The molecule has 0 saturated carbocycles. The van der Waals surface area contributed by atoms with E-state index in [1.54, 1.807) is 24.9 Å². The van der Waals surface area contributed by atoms with E-state index >= 15 is 0 Å². The Labute approximate surface area is 214 Å². The minimum Gasteiger partial charge on any atom is -0.462 e. The van der Waals surface area contributed by atoms with Gasteiger partial charge in [0.1, 0.15) is 24.1 Å². The fraction of sp³-hybridized carbons (Fsp3) is 0.500. The van der Waals surface area contributed by atoms with Crippen molar-refractivity contribution >= 4 is 13.7 Å². The van der Waals surface area contributed by atoms with Crippen LogP contribution in [-0.2, 0) is 23.4 Å². The van der Waals surface area contributed by atoms with Crippen molar-refractivity contribution in [1.29, 1.82) is 0 Å². The summed E-state index contributed by atoms with van der Waals surface area (Å²) >= 11 is 0. The number of carbonyl (C=O) groups excluding carboxylic acids is 1. The van der Waals surface area contributed by atoms with Crippen molar-refractivity contribution in [2.75, 3.05) is 0 Å². The molecule has 6 atom stereocenters. The summed E-state index contributed by atoms with van der Waals surface area (Å²) in [5.41, 5.74) is -2.41.